The van der Waals surface area contributed by atoms with Gasteiger partial charge in [0.2, 0.25) is 0 Å². The van der Waals surface area contributed by atoms with Crippen LogP contribution in [0.2, 0.25) is 0 Å². The summed E-state index contributed by atoms with van der Waals surface area (Å²) in [5, 5.41) is 3.60. The Morgan fingerprint density at radius 3 is 2.83 bits per heavy atom. The summed E-state index contributed by atoms with van der Waals surface area (Å²) in [4.78, 5) is 2.58. The van der Waals surface area contributed by atoms with Crippen molar-refractivity contribution in [1.82, 2.24) is 4.90 Å². The molecule has 2 unspecified atom stereocenters. The number of aryl methyl sites for hydroxylation is 1. The fourth-order valence-corrected chi connectivity index (χ4v) is 3.11. The highest BCUT2D eigenvalue weighted by Gasteiger charge is 2.29. The van der Waals surface area contributed by atoms with Crippen molar-refractivity contribution in [2.45, 2.75) is 32.4 Å². The van der Waals surface area contributed by atoms with Crippen molar-refractivity contribution in [3.8, 4) is 0 Å². The average Bonchev–Trinajstić information content (AvgIpc) is 2.39. The SMILES string of the molecule is Cc1ccc2c(c1)C(N1CCOCC1)CC(C)N2. The molecule has 1 aromatic rings. The van der Waals surface area contributed by atoms with Crippen LogP contribution in [0.1, 0.15) is 30.5 Å². The smallest absolute Gasteiger partial charge is 0.0594 e. The molecule has 2 aliphatic rings. The molecule has 98 valence electrons. The van der Waals surface area contributed by atoms with Crippen LogP contribution in [0.25, 0.3) is 0 Å². The number of hydrogen-bond donors (Lipinski definition) is 1. The molecule has 0 bridgehead atoms. The number of hydrogen-bond acceptors (Lipinski definition) is 3. The Morgan fingerprint density at radius 2 is 2.06 bits per heavy atom. The molecule has 0 aliphatic carbocycles. The third-order valence-corrected chi connectivity index (χ3v) is 4.03. The van der Waals surface area contributed by atoms with Crippen LogP contribution in [-0.4, -0.2) is 37.2 Å². The number of nitrogens with one attached hydrogen (secondary N) is 1. The predicted molar refractivity (Wildman–Crippen MR) is 74.0 cm³/mol. The zero-order valence-electron chi connectivity index (χ0n) is 11.3. The quantitative estimate of drug-likeness (QED) is 0.824. The zero-order chi connectivity index (χ0) is 12.5. The van der Waals surface area contributed by atoms with Crippen molar-refractivity contribution in [3.05, 3.63) is 29.3 Å². The molecule has 0 radical (unpaired) electrons. The van der Waals surface area contributed by atoms with E-state index >= 15 is 0 Å². The highest BCUT2D eigenvalue weighted by atomic mass is 16.5. The van der Waals surface area contributed by atoms with Crippen LogP contribution in [0.3, 0.4) is 0 Å². The Labute approximate surface area is 109 Å². The Morgan fingerprint density at radius 1 is 1.28 bits per heavy atom. The van der Waals surface area contributed by atoms with Gasteiger partial charge in [-0.2, -0.15) is 0 Å². The molecule has 1 N–H and O–H groups in total. The van der Waals surface area contributed by atoms with Gasteiger partial charge < -0.3 is 10.1 Å². The van der Waals surface area contributed by atoms with E-state index in [1.54, 1.807) is 0 Å². The molecule has 0 spiro atoms. The standard InChI is InChI=1S/C15H22N2O/c1-11-3-4-14-13(9-11)15(10-12(2)16-14)17-5-7-18-8-6-17/h3-4,9,12,15-16H,5-8,10H2,1-2H3. The summed E-state index contributed by atoms with van der Waals surface area (Å²) >= 11 is 0. The molecule has 2 heterocycles. The van der Waals surface area contributed by atoms with Gasteiger partial charge in [0.25, 0.3) is 0 Å². The second kappa shape index (κ2) is 4.90. The van der Waals surface area contributed by atoms with Crippen LogP contribution in [-0.2, 0) is 4.74 Å². The lowest BCUT2D eigenvalue weighted by atomic mass is 9.91. The summed E-state index contributed by atoms with van der Waals surface area (Å²) in [6.07, 6.45) is 1.19. The molecule has 2 atom stereocenters. The number of benzene rings is 1. The first-order valence-corrected chi connectivity index (χ1v) is 6.93. The molecule has 0 amide bonds. The largest absolute Gasteiger partial charge is 0.382 e. The summed E-state index contributed by atoms with van der Waals surface area (Å²) in [5.74, 6) is 0. The Hall–Kier alpha value is -1.06. The van der Waals surface area contributed by atoms with E-state index in [0.29, 0.717) is 12.1 Å². The molecule has 0 saturated carbocycles. The monoisotopic (exact) mass is 246 g/mol. The van der Waals surface area contributed by atoms with Gasteiger partial charge in [-0.15, -0.1) is 0 Å². The third kappa shape index (κ3) is 2.25. The third-order valence-electron chi connectivity index (χ3n) is 4.03. The van der Waals surface area contributed by atoms with Crippen molar-refractivity contribution in [2.75, 3.05) is 31.6 Å². The van der Waals surface area contributed by atoms with Crippen LogP contribution < -0.4 is 5.32 Å². The van der Waals surface area contributed by atoms with E-state index in [1.807, 2.05) is 0 Å². The summed E-state index contributed by atoms with van der Waals surface area (Å²) in [6.45, 7) is 8.32. The van der Waals surface area contributed by atoms with Crippen molar-refractivity contribution in [2.24, 2.45) is 0 Å². The van der Waals surface area contributed by atoms with Crippen molar-refractivity contribution in [1.29, 1.82) is 0 Å². The minimum absolute atomic E-state index is 0.549. The van der Waals surface area contributed by atoms with E-state index in [-0.39, 0.29) is 0 Å². The van der Waals surface area contributed by atoms with Crippen molar-refractivity contribution >= 4 is 5.69 Å². The number of ether oxygens (including phenoxy) is 1. The number of morpholine rings is 1. The van der Waals surface area contributed by atoms with Gasteiger partial charge in [0, 0.05) is 30.9 Å². The van der Waals surface area contributed by atoms with Gasteiger partial charge in [0.15, 0.2) is 0 Å². The lowest BCUT2D eigenvalue weighted by molar-refractivity contribution is 0.0127. The number of fused-ring (bicyclic) bond motifs is 1. The lowest BCUT2D eigenvalue weighted by Gasteiger charge is -2.40. The van der Waals surface area contributed by atoms with Gasteiger partial charge in [0.1, 0.15) is 0 Å². The minimum atomic E-state index is 0.549. The van der Waals surface area contributed by atoms with E-state index in [4.69, 9.17) is 4.74 Å². The fraction of sp³-hybridized carbons (Fsp3) is 0.600. The van der Waals surface area contributed by atoms with E-state index in [1.165, 1.54) is 23.2 Å². The average molecular weight is 246 g/mol. The topological polar surface area (TPSA) is 24.5 Å². The van der Waals surface area contributed by atoms with Gasteiger partial charge in [-0.3, -0.25) is 4.90 Å². The maximum Gasteiger partial charge on any atom is 0.0594 e. The molecule has 18 heavy (non-hydrogen) atoms. The first kappa shape index (κ1) is 12.0. The molecule has 2 aliphatic heterocycles. The maximum atomic E-state index is 5.47. The second-order valence-electron chi connectivity index (χ2n) is 5.54. The van der Waals surface area contributed by atoms with E-state index in [2.05, 4.69) is 42.3 Å². The van der Waals surface area contributed by atoms with Crippen LogP contribution in [0.4, 0.5) is 5.69 Å². The first-order valence-electron chi connectivity index (χ1n) is 6.93. The second-order valence-corrected chi connectivity index (χ2v) is 5.54. The normalized spacial score (nSPS) is 28.6. The van der Waals surface area contributed by atoms with E-state index in [0.717, 1.165) is 26.3 Å². The number of rotatable bonds is 1. The highest BCUT2D eigenvalue weighted by molar-refractivity contribution is 5.56. The molecule has 1 aromatic carbocycles. The van der Waals surface area contributed by atoms with Crippen molar-refractivity contribution in [3.63, 3.8) is 0 Å². The number of nitrogens with zero attached hydrogens (tertiary/aromatic N) is 1. The molecular formula is C15H22N2O. The molecule has 0 aromatic heterocycles. The zero-order valence-corrected chi connectivity index (χ0v) is 11.3. The van der Waals surface area contributed by atoms with Crippen molar-refractivity contribution < 1.29 is 4.74 Å². The fourth-order valence-electron chi connectivity index (χ4n) is 3.11. The predicted octanol–water partition coefficient (Wildman–Crippen LogP) is 2.57. The Kier molecular flexibility index (Phi) is 3.27. The lowest BCUT2D eigenvalue weighted by Crippen LogP contribution is -2.42. The molecule has 3 heteroatoms. The van der Waals surface area contributed by atoms with Gasteiger partial charge in [0.05, 0.1) is 13.2 Å². The number of anilines is 1. The van der Waals surface area contributed by atoms with E-state index < -0.39 is 0 Å². The first-order chi connectivity index (χ1) is 8.74. The van der Waals surface area contributed by atoms with Crippen LogP contribution in [0, 0.1) is 6.92 Å². The molecule has 3 rings (SSSR count). The van der Waals surface area contributed by atoms with Gasteiger partial charge in [-0.05, 0) is 31.9 Å². The van der Waals surface area contributed by atoms with Crippen LogP contribution in [0.15, 0.2) is 18.2 Å². The summed E-state index contributed by atoms with van der Waals surface area (Å²) in [6, 6.07) is 7.87. The van der Waals surface area contributed by atoms with Crippen LogP contribution >= 0.6 is 0 Å². The Balaban J connectivity index is 1.92. The van der Waals surface area contributed by atoms with Crippen LogP contribution in [0.5, 0.6) is 0 Å². The van der Waals surface area contributed by atoms with Gasteiger partial charge in [-0.25, -0.2) is 0 Å². The molecular weight excluding hydrogens is 224 g/mol. The molecule has 1 saturated heterocycles. The minimum Gasteiger partial charge on any atom is -0.382 e. The summed E-state index contributed by atoms with van der Waals surface area (Å²) < 4.78 is 5.47. The Bertz CT molecular complexity index is 427. The van der Waals surface area contributed by atoms with E-state index in [9.17, 15) is 0 Å². The van der Waals surface area contributed by atoms with Gasteiger partial charge in [-0.1, -0.05) is 17.7 Å². The van der Waals surface area contributed by atoms with Gasteiger partial charge >= 0.3 is 0 Å². The highest BCUT2D eigenvalue weighted by Crippen LogP contribution is 2.37. The maximum absolute atomic E-state index is 5.47. The summed E-state index contributed by atoms with van der Waals surface area (Å²) in [5.41, 5.74) is 4.13. The summed E-state index contributed by atoms with van der Waals surface area (Å²) in [7, 11) is 0. The molecule has 1 fully saturated rings. The molecule has 3 nitrogen and oxygen atoms in total.